The molecule has 0 atom stereocenters. The van der Waals surface area contributed by atoms with Gasteiger partial charge >= 0.3 is 0 Å². The summed E-state index contributed by atoms with van der Waals surface area (Å²) in [5.74, 6) is 0.563. The van der Waals surface area contributed by atoms with Gasteiger partial charge in [0.15, 0.2) is 6.61 Å². The first kappa shape index (κ1) is 17.7. The Hall–Kier alpha value is -3.08. The summed E-state index contributed by atoms with van der Waals surface area (Å²) in [6.45, 7) is 4.28. The highest BCUT2D eigenvalue weighted by Crippen LogP contribution is 2.19. The monoisotopic (exact) mass is 350 g/mol. The number of aromatic amines is 1. The molecule has 1 amide bonds. The number of fused-ring (bicyclic) bond motifs is 1. The third-order valence-corrected chi connectivity index (χ3v) is 4.35. The number of aromatic nitrogens is 1. The number of H-pyrrole nitrogens is 1. The topological polar surface area (TPSA) is 62.4 Å². The number of rotatable bonds is 5. The minimum atomic E-state index is -0.175. The quantitative estimate of drug-likeness (QED) is 0.769. The molecule has 0 bridgehead atoms. The van der Waals surface area contributed by atoms with Gasteiger partial charge in [-0.25, -0.2) is 0 Å². The van der Waals surface area contributed by atoms with Crippen molar-refractivity contribution in [1.82, 2.24) is 9.88 Å². The predicted molar refractivity (Wildman–Crippen MR) is 102 cm³/mol. The Labute approximate surface area is 152 Å². The van der Waals surface area contributed by atoms with Crippen LogP contribution in [0.1, 0.15) is 16.7 Å². The van der Waals surface area contributed by atoms with E-state index in [1.54, 1.807) is 11.9 Å². The number of hydrogen-bond acceptors (Lipinski definition) is 3. The number of carbonyl (C=O) groups is 1. The molecule has 0 radical (unpaired) electrons. The maximum Gasteiger partial charge on any atom is 0.260 e. The molecule has 1 heterocycles. The lowest BCUT2D eigenvalue weighted by atomic mass is 10.1. The number of amides is 1. The van der Waals surface area contributed by atoms with Crippen molar-refractivity contribution >= 4 is 16.8 Å². The second-order valence-corrected chi connectivity index (χ2v) is 6.51. The van der Waals surface area contributed by atoms with Gasteiger partial charge in [-0.1, -0.05) is 35.9 Å². The van der Waals surface area contributed by atoms with Gasteiger partial charge in [-0.05, 0) is 37.1 Å². The molecule has 0 aliphatic heterocycles. The molecule has 1 N–H and O–H groups in total. The summed E-state index contributed by atoms with van der Waals surface area (Å²) >= 11 is 0. The second-order valence-electron chi connectivity index (χ2n) is 6.51. The van der Waals surface area contributed by atoms with Gasteiger partial charge in [-0.15, -0.1) is 0 Å². The average molecular weight is 350 g/mol. The molecule has 5 heteroatoms. The Morgan fingerprint density at radius 2 is 1.88 bits per heavy atom. The van der Waals surface area contributed by atoms with Gasteiger partial charge in [0.25, 0.3) is 5.91 Å². The van der Waals surface area contributed by atoms with Gasteiger partial charge in [0.2, 0.25) is 5.56 Å². The number of hydrogen-bond donors (Lipinski definition) is 1. The Kier molecular flexibility index (Phi) is 5.07. The van der Waals surface area contributed by atoms with Crippen molar-refractivity contribution in [2.75, 3.05) is 13.7 Å². The zero-order valence-corrected chi connectivity index (χ0v) is 15.2. The molecule has 26 heavy (non-hydrogen) atoms. The number of ether oxygens (including phenoxy) is 1. The number of nitrogens with zero attached hydrogens (tertiary/aromatic N) is 1. The summed E-state index contributed by atoms with van der Waals surface area (Å²) < 4.78 is 5.66. The largest absolute Gasteiger partial charge is 0.484 e. The van der Waals surface area contributed by atoms with Crippen LogP contribution >= 0.6 is 0 Å². The summed E-state index contributed by atoms with van der Waals surface area (Å²) in [4.78, 5) is 28.7. The number of nitrogens with one attached hydrogen (secondary N) is 1. The van der Waals surface area contributed by atoms with E-state index >= 15 is 0 Å². The van der Waals surface area contributed by atoms with Crippen LogP contribution in [-0.2, 0) is 11.3 Å². The van der Waals surface area contributed by atoms with Crippen molar-refractivity contribution in [3.63, 3.8) is 0 Å². The van der Waals surface area contributed by atoms with Crippen molar-refractivity contribution in [3.8, 4) is 5.75 Å². The zero-order chi connectivity index (χ0) is 18.7. The Morgan fingerprint density at radius 3 is 2.65 bits per heavy atom. The van der Waals surface area contributed by atoms with Crippen LogP contribution in [0.4, 0.5) is 0 Å². The molecule has 0 fully saturated rings. The van der Waals surface area contributed by atoms with Gasteiger partial charge in [0, 0.05) is 30.6 Å². The molecule has 3 rings (SSSR count). The molecule has 0 aliphatic rings. The third-order valence-electron chi connectivity index (χ3n) is 4.35. The summed E-state index contributed by atoms with van der Waals surface area (Å²) in [5.41, 5.74) is 3.56. The number of aryl methyl sites for hydroxylation is 2. The fourth-order valence-electron chi connectivity index (χ4n) is 2.96. The van der Waals surface area contributed by atoms with E-state index in [1.807, 2.05) is 56.3 Å². The van der Waals surface area contributed by atoms with E-state index in [0.717, 1.165) is 27.6 Å². The van der Waals surface area contributed by atoms with E-state index < -0.39 is 0 Å². The van der Waals surface area contributed by atoms with Crippen LogP contribution in [0.3, 0.4) is 0 Å². The number of carbonyl (C=O) groups excluding carboxylic acids is 1. The summed E-state index contributed by atoms with van der Waals surface area (Å²) in [6.07, 6.45) is 0. The third kappa shape index (κ3) is 3.94. The van der Waals surface area contributed by atoms with Gasteiger partial charge in [0.1, 0.15) is 5.75 Å². The van der Waals surface area contributed by atoms with Crippen LogP contribution in [-0.4, -0.2) is 29.4 Å². The molecule has 0 unspecified atom stereocenters. The summed E-state index contributed by atoms with van der Waals surface area (Å²) in [7, 11) is 1.71. The summed E-state index contributed by atoms with van der Waals surface area (Å²) in [5, 5.41) is 0.932. The molecule has 0 spiro atoms. The Balaban J connectivity index is 1.71. The highest BCUT2D eigenvalue weighted by atomic mass is 16.5. The lowest BCUT2D eigenvalue weighted by Gasteiger charge is -2.19. The van der Waals surface area contributed by atoms with Crippen molar-refractivity contribution in [2.24, 2.45) is 0 Å². The predicted octanol–water partition coefficient (Wildman–Crippen LogP) is 3.18. The molecule has 2 aromatic carbocycles. The van der Waals surface area contributed by atoms with E-state index in [4.69, 9.17) is 4.74 Å². The van der Waals surface area contributed by atoms with Crippen molar-refractivity contribution in [1.29, 1.82) is 0 Å². The van der Waals surface area contributed by atoms with E-state index in [0.29, 0.717) is 12.3 Å². The maximum absolute atomic E-state index is 12.4. The average Bonchev–Trinajstić information content (AvgIpc) is 2.60. The van der Waals surface area contributed by atoms with Crippen molar-refractivity contribution in [2.45, 2.75) is 20.4 Å². The zero-order valence-electron chi connectivity index (χ0n) is 15.2. The smallest absolute Gasteiger partial charge is 0.260 e. The fraction of sp³-hybridized carbons (Fsp3) is 0.238. The molecule has 5 nitrogen and oxygen atoms in total. The Bertz CT molecular complexity index is 1010. The number of para-hydroxylation sites is 1. The first-order valence-electron chi connectivity index (χ1n) is 8.49. The van der Waals surface area contributed by atoms with Crippen LogP contribution in [0.2, 0.25) is 0 Å². The molecular weight excluding hydrogens is 328 g/mol. The van der Waals surface area contributed by atoms with E-state index in [2.05, 4.69) is 4.98 Å². The lowest BCUT2D eigenvalue weighted by molar-refractivity contribution is -0.132. The lowest BCUT2D eigenvalue weighted by Crippen LogP contribution is -2.31. The molecule has 134 valence electrons. The minimum Gasteiger partial charge on any atom is -0.484 e. The Morgan fingerprint density at radius 1 is 1.12 bits per heavy atom. The minimum absolute atomic E-state index is 0.0402. The first-order chi connectivity index (χ1) is 12.4. The van der Waals surface area contributed by atoms with Crippen LogP contribution < -0.4 is 10.3 Å². The molecular formula is C21H22N2O3. The highest BCUT2D eigenvalue weighted by Gasteiger charge is 2.13. The maximum atomic E-state index is 12.4. The van der Waals surface area contributed by atoms with Crippen molar-refractivity contribution in [3.05, 3.63) is 75.6 Å². The number of benzene rings is 2. The highest BCUT2D eigenvalue weighted by molar-refractivity contribution is 5.83. The van der Waals surface area contributed by atoms with Crippen molar-refractivity contribution < 1.29 is 9.53 Å². The normalized spacial score (nSPS) is 10.7. The second kappa shape index (κ2) is 7.44. The number of pyridine rings is 1. The van der Waals surface area contributed by atoms with Gasteiger partial charge < -0.3 is 14.6 Å². The van der Waals surface area contributed by atoms with E-state index in [9.17, 15) is 9.59 Å². The standard InChI is InChI=1S/C21H22N2O3/c1-14-8-9-19(15(2)10-14)26-13-21(25)23(3)12-16-11-20(24)22-18-7-5-4-6-17(16)18/h4-11H,12-13H2,1-3H3,(H,22,24). The van der Waals surface area contributed by atoms with Crippen LogP contribution in [0.25, 0.3) is 10.9 Å². The SMILES string of the molecule is Cc1ccc(OCC(=O)N(C)Cc2cc(=O)[nH]c3ccccc23)c(C)c1. The molecule has 3 aromatic rings. The van der Waals surface area contributed by atoms with E-state index in [-0.39, 0.29) is 18.1 Å². The van der Waals surface area contributed by atoms with Crippen LogP contribution in [0, 0.1) is 13.8 Å². The molecule has 0 aliphatic carbocycles. The van der Waals surface area contributed by atoms with Crippen LogP contribution in [0.15, 0.2) is 53.3 Å². The van der Waals surface area contributed by atoms with Crippen LogP contribution in [0.5, 0.6) is 5.75 Å². The fourth-order valence-corrected chi connectivity index (χ4v) is 2.96. The van der Waals surface area contributed by atoms with Gasteiger partial charge in [0.05, 0.1) is 0 Å². The summed E-state index contributed by atoms with van der Waals surface area (Å²) in [6, 6.07) is 15.0. The first-order valence-corrected chi connectivity index (χ1v) is 8.49. The number of likely N-dealkylation sites (N-methyl/N-ethyl adjacent to an activating group) is 1. The van der Waals surface area contributed by atoms with E-state index in [1.165, 1.54) is 6.07 Å². The molecule has 0 saturated carbocycles. The molecule has 0 saturated heterocycles. The van der Waals surface area contributed by atoms with Gasteiger partial charge in [-0.2, -0.15) is 0 Å². The van der Waals surface area contributed by atoms with Gasteiger partial charge in [-0.3, -0.25) is 9.59 Å². The molecule has 1 aromatic heterocycles.